The summed E-state index contributed by atoms with van der Waals surface area (Å²) in [5, 5.41) is 13.6. The first-order chi connectivity index (χ1) is 23.9. The minimum absolute atomic E-state index is 0.0635. The molecule has 0 aromatic rings. The van der Waals surface area contributed by atoms with E-state index < -0.39 is 20.0 Å². The number of allylic oxidation sites excluding steroid dienone is 11. The predicted molar refractivity (Wildman–Crippen MR) is 207 cm³/mol. The lowest BCUT2D eigenvalue weighted by atomic mass is 10.1. The number of nitrogens with two attached hydrogens (primary N) is 1. The Kier molecular flexibility index (Phi) is 34.3. The van der Waals surface area contributed by atoms with E-state index in [0.717, 1.165) is 57.8 Å². The van der Waals surface area contributed by atoms with Crippen molar-refractivity contribution < 1.29 is 28.4 Å². The number of unbranched alkanes of at least 4 members (excludes halogenated alkanes) is 12. The quantitative estimate of drug-likeness (QED) is 0.0298. The van der Waals surface area contributed by atoms with E-state index in [4.69, 9.17) is 14.8 Å². The summed E-state index contributed by atoms with van der Waals surface area (Å²) in [5.74, 6) is -0.249. The highest BCUT2D eigenvalue weighted by Crippen LogP contribution is 2.43. The van der Waals surface area contributed by atoms with Gasteiger partial charge in [-0.3, -0.25) is 13.8 Å². The molecule has 0 rings (SSSR count). The lowest BCUT2D eigenvalue weighted by Crippen LogP contribution is -2.45. The molecule has 5 N–H and O–H groups in total. The van der Waals surface area contributed by atoms with Crippen LogP contribution in [0.3, 0.4) is 0 Å². The van der Waals surface area contributed by atoms with Crippen LogP contribution in [0.25, 0.3) is 0 Å². The Labute approximate surface area is 299 Å². The third-order valence-corrected chi connectivity index (χ3v) is 8.75. The predicted octanol–water partition coefficient (Wildman–Crippen LogP) is 10.1. The summed E-state index contributed by atoms with van der Waals surface area (Å²) in [4.78, 5) is 22.6. The fourth-order valence-electron chi connectivity index (χ4n) is 4.90. The summed E-state index contributed by atoms with van der Waals surface area (Å²) in [6, 6.07) is -0.901. The molecule has 8 nitrogen and oxygen atoms in total. The molecule has 0 saturated heterocycles. The van der Waals surface area contributed by atoms with E-state index in [0.29, 0.717) is 6.42 Å². The van der Waals surface area contributed by atoms with Crippen molar-refractivity contribution in [3.8, 4) is 0 Å². The second-order valence-electron chi connectivity index (χ2n) is 12.4. The number of nitrogens with one attached hydrogen (secondary N) is 1. The zero-order valence-electron chi connectivity index (χ0n) is 30.9. The average Bonchev–Trinajstić information content (AvgIpc) is 3.09. The van der Waals surface area contributed by atoms with E-state index in [-0.39, 0.29) is 32.1 Å². The van der Waals surface area contributed by atoms with Crippen LogP contribution in [0.15, 0.2) is 72.9 Å². The van der Waals surface area contributed by atoms with Crippen molar-refractivity contribution in [2.45, 2.75) is 154 Å². The summed E-state index contributed by atoms with van der Waals surface area (Å²) in [7, 11) is -4.36. The topological polar surface area (TPSA) is 131 Å². The Morgan fingerprint density at radius 1 is 0.694 bits per heavy atom. The highest BCUT2D eigenvalue weighted by Gasteiger charge is 2.26. The minimum Gasteiger partial charge on any atom is -0.387 e. The van der Waals surface area contributed by atoms with Crippen LogP contribution in [0, 0.1) is 0 Å². The Morgan fingerprint density at radius 3 is 1.82 bits per heavy atom. The largest absolute Gasteiger partial charge is 0.472 e. The molecule has 0 aliphatic carbocycles. The molecule has 0 aliphatic rings. The first kappa shape index (κ1) is 46.9. The van der Waals surface area contributed by atoms with Crippen molar-refractivity contribution in [3.05, 3.63) is 72.9 Å². The van der Waals surface area contributed by atoms with Gasteiger partial charge in [0.2, 0.25) is 5.91 Å². The number of carbonyl (C=O) groups is 1. The maximum atomic E-state index is 12.7. The van der Waals surface area contributed by atoms with Crippen LogP contribution >= 0.6 is 7.82 Å². The molecule has 0 aliphatic heterocycles. The fourth-order valence-corrected chi connectivity index (χ4v) is 5.66. The highest BCUT2D eigenvalue weighted by atomic mass is 31.2. The van der Waals surface area contributed by atoms with Crippen molar-refractivity contribution in [2.75, 3.05) is 19.8 Å². The van der Waals surface area contributed by atoms with Crippen LogP contribution < -0.4 is 11.1 Å². The minimum atomic E-state index is -4.36. The molecule has 0 saturated carbocycles. The molecule has 0 spiro atoms. The third kappa shape index (κ3) is 34.2. The second-order valence-corrected chi connectivity index (χ2v) is 13.8. The number of carbonyl (C=O) groups excluding carboxylic acids is 1. The van der Waals surface area contributed by atoms with Gasteiger partial charge >= 0.3 is 7.82 Å². The van der Waals surface area contributed by atoms with Gasteiger partial charge in [-0.05, 0) is 70.6 Å². The number of aliphatic hydroxyl groups is 1. The fraction of sp³-hybridized carbons (Fsp3) is 0.675. The van der Waals surface area contributed by atoms with E-state index in [1.807, 2.05) is 6.08 Å². The molecular formula is C40H71N2O6P. The lowest BCUT2D eigenvalue weighted by molar-refractivity contribution is -0.123. The van der Waals surface area contributed by atoms with E-state index in [1.54, 1.807) is 6.08 Å². The van der Waals surface area contributed by atoms with Gasteiger partial charge in [-0.2, -0.15) is 0 Å². The number of hydrogen-bond donors (Lipinski definition) is 4. The molecule has 0 heterocycles. The van der Waals surface area contributed by atoms with Crippen molar-refractivity contribution >= 4 is 13.7 Å². The van der Waals surface area contributed by atoms with Crippen LogP contribution in [0.4, 0.5) is 0 Å². The smallest absolute Gasteiger partial charge is 0.387 e. The number of phosphoric ester groups is 1. The van der Waals surface area contributed by atoms with Crippen LogP contribution in [0.2, 0.25) is 0 Å². The molecule has 49 heavy (non-hydrogen) atoms. The molecule has 0 bridgehead atoms. The second kappa shape index (κ2) is 35.8. The molecule has 0 radical (unpaired) electrons. The van der Waals surface area contributed by atoms with Gasteiger partial charge in [-0.15, -0.1) is 0 Å². The monoisotopic (exact) mass is 707 g/mol. The maximum Gasteiger partial charge on any atom is 0.472 e. The van der Waals surface area contributed by atoms with Crippen molar-refractivity contribution in [1.29, 1.82) is 0 Å². The van der Waals surface area contributed by atoms with Gasteiger partial charge < -0.3 is 21.1 Å². The number of phosphoric acid groups is 1. The Bertz CT molecular complexity index is 991. The number of rotatable bonds is 34. The van der Waals surface area contributed by atoms with Gasteiger partial charge in [0.25, 0.3) is 0 Å². The molecule has 0 fully saturated rings. The first-order valence-corrected chi connectivity index (χ1v) is 20.6. The normalized spacial score (nSPS) is 15.1. The van der Waals surface area contributed by atoms with Crippen LogP contribution in [-0.2, 0) is 18.4 Å². The molecule has 282 valence electrons. The molecule has 1 amide bonds. The standard InChI is InChI=1S/C40H71N2O6P/c1-3-5-7-9-11-13-15-17-19-21-23-25-27-29-31-33-39(43)38(37-48-49(45,46)47-36-35-41)42-40(44)34-32-30-28-26-24-22-20-18-16-14-12-10-8-6-4-2/h6,8,12,14,18,20,23-26,31,33,38-39,43H,3-5,7,9-11,13,15-17,19,21-22,27-30,32,34-37,41H2,1-2H3,(H,42,44)(H,45,46)/b8-6-,14-12-,20-18-,25-23+,26-24-,33-31+. The van der Waals surface area contributed by atoms with Gasteiger partial charge in [0.15, 0.2) is 0 Å². The van der Waals surface area contributed by atoms with Crippen molar-refractivity contribution in [3.63, 3.8) is 0 Å². The number of hydrogen-bond acceptors (Lipinski definition) is 6. The van der Waals surface area contributed by atoms with Gasteiger partial charge in [0.05, 0.1) is 25.4 Å². The summed E-state index contributed by atoms with van der Waals surface area (Å²) >= 11 is 0. The van der Waals surface area contributed by atoms with E-state index in [9.17, 15) is 19.4 Å². The van der Waals surface area contributed by atoms with Crippen LogP contribution in [-0.4, -0.2) is 47.8 Å². The molecule has 0 aromatic carbocycles. The summed E-state index contributed by atoms with van der Waals surface area (Å²) < 4.78 is 22.0. The summed E-state index contributed by atoms with van der Waals surface area (Å²) in [6.45, 7) is 3.93. The molecule has 3 unspecified atom stereocenters. The Hall–Kier alpha value is -2.06. The van der Waals surface area contributed by atoms with Crippen molar-refractivity contribution in [1.82, 2.24) is 5.32 Å². The zero-order chi connectivity index (χ0) is 36.1. The van der Waals surface area contributed by atoms with Crippen LogP contribution in [0.1, 0.15) is 142 Å². The Morgan fingerprint density at radius 2 is 1.20 bits per heavy atom. The van der Waals surface area contributed by atoms with E-state index >= 15 is 0 Å². The van der Waals surface area contributed by atoms with E-state index in [1.165, 1.54) is 57.8 Å². The molecule has 0 aromatic heterocycles. The van der Waals surface area contributed by atoms with Crippen LogP contribution in [0.5, 0.6) is 0 Å². The molecule has 3 atom stereocenters. The molecular weight excluding hydrogens is 635 g/mol. The summed E-state index contributed by atoms with van der Waals surface area (Å²) in [5.41, 5.74) is 5.35. The lowest BCUT2D eigenvalue weighted by Gasteiger charge is -2.23. The highest BCUT2D eigenvalue weighted by molar-refractivity contribution is 7.47. The van der Waals surface area contributed by atoms with Gasteiger partial charge in [-0.25, -0.2) is 4.57 Å². The third-order valence-electron chi connectivity index (χ3n) is 7.77. The van der Waals surface area contributed by atoms with Gasteiger partial charge in [0, 0.05) is 13.0 Å². The first-order valence-electron chi connectivity index (χ1n) is 19.1. The Balaban J connectivity index is 4.47. The average molecular weight is 707 g/mol. The van der Waals surface area contributed by atoms with Crippen molar-refractivity contribution in [2.24, 2.45) is 5.73 Å². The summed E-state index contributed by atoms with van der Waals surface area (Å²) in [6.07, 6.45) is 45.2. The maximum absolute atomic E-state index is 12.7. The number of aliphatic hydroxyl groups excluding tert-OH is 1. The number of amides is 1. The van der Waals surface area contributed by atoms with E-state index in [2.05, 4.69) is 79.9 Å². The van der Waals surface area contributed by atoms with Gasteiger partial charge in [0.1, 0.15) is 0 Å². The SMILES string of the molecule is CC/C=C\C/C=C\C/C=C\C/C=C\CCCCC(=O)NC(COP(=O)(O)OCCN)C(O)/C=C/CC/C=C/CCCCCCCCCCC. The molecule has 9 heteroatoms. The van der Waals surface area contributed by atoms with Gasteiger partial charge in [-0.1, -0.05) is 138 Å². The zero-order valence-corrected chi connectivity index (χ0v) is 31.8.